The lowest BCUT2D eigenvalue weighted by Crippen LogP contribution is -2.43. The van der Waals surface area contributed by atoms with E-state index in [1.807, 2.05) is 45.4 Å². The number of aromatic nitrogens is 6. The largest absolute Gasteiger partial charge is 0.444 e. The Bertz CT molecular complexity index is 1160. The van der Waals surface area contributed by atoms with Gasteiger partial charge in [0.1, 0.15) is 16.4 Å². The third-order valence-corrected chi connectivity index (χ3v) is 5.90. The van der Waals surface area contributed by atoms with E-state index in [1.165, 1.54) is 0 Å². The molecule has 0 bridgehead atoms. The molecule has 9 nitrogen and oxygen atoms in total. The van der Waals surface area contributed by atoms with Crippen LogP contribution in [0.4, 0.5) is 4.79 Å². The summed E-state index contributed by atoms with van der Waals surface area (Å²) in [6.45, 7) is 12.8. The molecule has 3 aromatic rings. The van der Waals surface area contributed by atoms with Crippen molar-refractivity contribution in [3.05, 3.63) is 34.7 Å². The van der Waals surface area contributed by atoms with Crippen LogP contribution in [0.2, 0.25) is 5.15 Å². The van der Waals surface area contributed by atoms with Crippen molar-refractivity contribution in [2.24, 2.45) is 0 Å². The second-order valence-electron chi connectivity index (χ2n) is 9.76. The molecule has 0 saturated carbocycles. The maximum atomic E-state index is 12.9. The van der Waals surface area contributed by atoms with Crippen LogP contribution in [0, 0.1) is 0 Å². The Labute approximate surface area is 198 Å². The van der Waals surface area contributed by atoms with Gasteiger partial charge in [0.25, 0.3) is 0 Å². The van der Waals surface area contributed by atoms with Gasteiger partial charge in [0.2, 0.25) is 0 Å². The first kappa shape index (κ1) is 23.2. The monoisotopic (exact) mass is 471 g/mol. The minimum atomic E-state index is -0.597. The molecule has 1 amide bonds. The van der Waals surface area contributed by atoms with E-state index in [2.05, 4.69) is 22.1 Å². The van der Waals surface area contributed by atoms with Crippen LogP contribution in [0.3, 0.4) is 0 Å². The topological polar surface area (TPSA) is 102 Å². The molecule has 10 heteroatoms. The summed E-state index contributed by atoms with van der Waals surface area (Å²) in [5.74, 6) is 1.22. The van der Waals surface area contributed by atoms with Crippen LogP contribution in [0.25, 0.3) is 22.9 Å². The number of H-pyrrole nitrogens is 1. The number of nitrogens with zero attached hydrogens (tertiary/aromatic N) is 6. The molecule has 33 heavy (non-hydrogen) atoms. The van der Waals surface area contributed by atoms with E-state index < -0.39 is 11.1 Å². The van der Waals surface area contributed by atoms with Gasteiger partial charge in [-0.3, -0.25) is 10.00 Å². The summed E-state index contributed by atoms with van der Waals surface area (Å²) < 4.78 is 7.54. The van der Waals surface area contributed by atoms with Gasteiger partial charge in [0, 0.05) is 23.9 Å². The number of ether oxygens (including phenoxy) is 1. The molecule has 176 valence electrons. The summed E-state index contributed by atoms with van der Waals surface area (Å²) in [6.07, 6.45) is 3.28. The van der Waals surface area contributed by atoms with Crippen molar-refractivity contribution in [2.45, 2.75) is 78.6 Å². The minimum Gasteiger partial charge on any atom is -0.444 e. The lowest BCUT2D eigenvalue weighted by molar-refractivity contribution is 0.00450. The number of unbranched alkanes of at least 4 members (excludes halogenated alkanes) is 1. The second-order valence-corrected chi connectivity index (χ2v) is 10.1. The number of aryl methyl sites for hydroxylation is 1. The minimum absolute atomic E-state index is 0.358. The summed E-state index contributed by atoms with van der Waals surface area (Å²) >= 11 is 5.94. The molecule has 0 spiro atoms. The van der Waals surface area contributed by atoms with Crippen LogP contribution < -0.4 is 0 Å². The number of halogens is 1. The van der Waals surface area contributed by atoms with Crippen molar-refractivity contribution in [1.29, 1.82) is 0 Å². The van der Waals surface area contributed by atoms with Crippen molar-refractivity contribution < 1.29 is 9.53 Å². The number of hydrogen-bond acceptors (Lipinski definition) is 6. The molecule has 4 heterocycles. The lowest BCUT2D eigenvalue weighted by atomic mass is 10.0. The van der Waals surface area contributed by atoms with Gasteiger partial charge in [-0.05, 0) is 53.2 Å². The standard InChI is InChI=1S/C23H30ClN7O2/c1-7-8-11-31-20(26-19(29-31)14-9-10-16(24)25-12-14)17-15-13-30(21(32)33-22(2,3)4)23(5,6)18(15)28-27-17/h9-10,12H,7-8,11,13H2,1-6H3,(H,27,28). The number of nitrogens with one attached hydrogen (secondary N) is 1. The lowest BCUT2D eigenvalue weighted by Gasteiger charge is -2.33. The quantitative estimate of drug-likeness (QED) is 0.515. The molecule has 1 aliphatic heterocycles. The van der Waals surface area contributed by atoms with Gasteiger partial charge in [-0.15, -0.1) is 0 Å². The molecular weight excluding hydrogens is 442 g/mol. The second kappa shape index (κ2) is 8.44. The smallest absolute Gasteiger partial charge is 0.411 e. The molecule has 0 saturated heterocycles. The number of pyridine rings is 1. The van der Waals surface area contributed by atoms with Gasteiger partial charge >= 0.3 is 6.09 Å². The zero-order chi connectivity index (χ0) is 24.0. The maximum Gasteiger partial charge on any atom is 0.411 e. The van der Waals surface area contributed by atoms with Crippen molar-refractivity contribution in [2.75, 3.05) is 0 Å². The van der Waals surface area contributed by atoms with E-state index >= 15 is 0 Å². The van der Waals surface area contributed by atoms with E-state index in [9.17, 15) is 4.79 Å². The van der Waals surface area contributed by atoms with Crippen LogP contribution in [0.5, 0.6) is 0 Å². The Morgan fingerprint density at radius 1 is 1.30 bits per heavy atom. The van der Waals surface area contributed by atoms with Crippen molar-refractivity contribution >= 4 is 17.7 Å². The SMILES string of the molecule is CCCCn1nc(-c2ccc(Cl)nc2)nc1-c1n[nH]c2c1CN(C(=O)OC(C)(C)C)C2(C)C. The Hall–Kier alpha value is -2.94. The highest BCUT2D eigenvalue weighted by atomic mass is 35.5. The zero-order valence-electron chi connectivity index (χ0n) is 19.9. The molecule has 3 aromatic heterocycles. The molecule has 0 fully saturated rings. The van der Waals surface area contributed by atoms with E-state index in [0.29, 0.717) is 35.6 Å². The number of aromatic amines is 1. The van der Waals surface area contributed by atoms with Gasteiger partial charge in [0.15, 0.2) is 11.6 Å². The number of hydrogen-bond donors (Lipinski definition) is 1. The summed E-state index contributed by atoms with van der Waals surface area (Å²) in [5, 5.41) is 12.9. The maximum absolute atomic E-state index is 12.9. The molecule has 0 unspecified atom stereocenters. The zero-order valence-corrected chi connectivity index (χ0v) is 20.7. The number of fused-ring (bicyclic) bond motifs is 1. The highest BCUT2D eigenvalue weighted by Gasteiger charge is 2.45. The van der Waals surface area contributed by atoms with Crippen molar-refractivity contribution in [1.82, 2.24) is 34.8 Å². The average Bonchev–Trinajstić information content (AvgIpc) is 3.39. The van der Waals surface area contributed by atoms with Crippen LogP contribution in [0.15, 0.2) is 18.3 Å². The fourth-order valence-corrected chi connectivity index (χ4v) is 4.03. The van der Waals surface area contributed by atoms with Gasteiger partial charge in [-0.25, -0.2) is 19.4 Å². The van der Waals surface area contributed by atoms with Gasteiger partial charge in [-0.2, -0.15) is 10.2 Å². The summed E-state index contributed by atoms with van der Waals surface area (Å²) in [5.41, 5.74) is 2.10. The highest BCUT2D eigenvalue weighted by Crippen LogP contribution is 2.42. The normalized spacial score (nSPS) is 15.1. The third-order valence-electron chi connectivity index (χ3n) is 5.68. The molecule has 4 rings (SSSR count). The molecule has 1 N–H and O–H groups in total. The van der Waals surface area contributed by atoms with Crippen LogP contribution >= 0.6 is 11.6 Å². The fourth-order valence-electron chi connectivity index (χ4n) is 3.92. The molecule has 0 atom stereocenters. The number of carbonyl (C=O) groups excluding carboxylic acids is 1. The number of amides is 1. The predicted molar refractivity (Wildman–Crippen MR) is 126 cm³/mol. The fraction of sp³-hybridized carbons (Fsp3) is 0.522. The highest BCUT2D eigenvalue weighted by molar-refractivity contribution is 6.29. The summed E-state index contributed by atoms with van der Waals surface area (Å²) in [7, 11) is 0. The molecule has 0 radical (unpaired) electrons. The summed E-state index contributed by atoms with van der Waals surface area (Å²) in [4.78, 5) is 23.6. The van der Waals surface area contributed by atoms with Gasteiger partial charge < -0.3 is 4.74 Å². The van der Waals surface area contributed by atoms with E-state index in [-0.39, 0.29) is 6.09 Å². The van der Waals surface area contributed by atoms with E-state index in [1.54, 1.807) is 17.2 Å². The van der Waals surface area contributed by atoms with Crippen LogP contribution in [-0.2, 0) is 23.4 Å². The Morgan fingerprint density at radius 3 is 2.70 bits per heavy atom. The molecule has 1 aliphatic rings. The number of rotatable bonds is 5. The first-order valence-corrected chi connectivity index (χ1v) is 11.5. The van der Waals surface area contributed by atoms with Crippen LogP contribution in [-0.4, -0.2) is 46.5 Å². The third kappa shape index (κ3) is 4.46. The van der Waals surface area contributed by atoms with Crippen LogP contribution in [0.1, 0.15) is 65.6 Å². The summed E-state index contributed by atoms with van der Waals surface area (Å²) in [6, 6.07) is 3.57. The van der Waals surface area contributed by atoms with Crippen molar-refractivity contribution in [3.63, 3.8) is 0 Å². The van der Waals surface area contributed by atoms with Gasteiger partial charge in [0.05, 0.1) is 17.8 Å². The van der Waals surface area contributed by atoms with E-state index in [4.69, 9.17) is 26.4 Å². The first-order chi connectivity index (χ1) is 15.5. The molecule has 0 aromatic carbocycles. The molecular formula is C23H30ClN7O2. The Morgan fingerprint density at radius 2 is 2.06 bits per heavy atom. The van der Waals surface area contributed by atoms with E-state index in [0.717, 1.165) is 29.7 Å². The first-order valence-electron chi connectivity index (χ1n) is 11.2. The van der Waals surface area contributed by atoms with Crippen molar-refractivity contribution in [3.8, 4) is 22.9 Å². The Balaban J connectivity index is 1.73. The van der Waals surface area contributed by atoms with Gasteiger partial charge in [-0.1, -0.05) is 24.9 Å². The molecule has 0 aliphatic carbocycles. The average molecular weight is 472 g/mol. The number of carbonyl (C=O) groups is 1. The Kier molecular flexibility index (Phi) is 5.94. The predicted octanol–water partition coefficient (Wildman–Crippen LogP) is 5.17.